The lowest BCUT2D eigenvalue weighted by molar-refractivity contribution is -0.0671. The average Bonchev–Trinajstić information content (AvgIpc) is 2.95. The SMILES string of the molecule is CC(C)(CO)COc1cc(Cl)nc2c1CCOC21CCOC1. The van der Waals surface area contributed by atoms with Crippen LogP contribution in [0.25, 0.3) is 0 Å². The van der Waals surface area contributed by atoms with Gasteiger partial charge in [-0.3, -0.25) is 0 Å². The third-order valence-corrected chi connectivity index (χ3v) is 4.44. The molecule has 0 aliphatic carbocycles. The van der Waals surface area contributed by atoms with Crippen molar-refractivity contribution in [3.05, 3.63) is 22.5 Å². The van der Waals surface area contributed by atoms with E-state index in [0.717, 1.165) is 29.8 Å². The molecule has 6 heteroatoms. The van der Waals surface area contributed by atoms with Gasteiger partial charge in [-0.15, -0.1) is 0 Å². The van der Waals surface area contributed by atoms with Crippen molar-refractivity contribution in [1.29, 1.82) is 0 Å². The highest BCUT2D eigenvalue weighted by Crippen LogP contribution is 2.42. The maximum Gasteiger partial charge on any atom is 0.136 e. The number of hydrogen-bond donors (Lipinski definition) is 1. The van der Waals surface area contributed by atoms with Gasteiger partial charge in [0.15, 0.2) is 0 Å². The van der Waals surface area contributed by atoms with Crippen molar-refractivity contribution in [2.75, 3.05) is 33.0 Å². The molecule has 2 aliphatic heterocycles. The number of aliphatic hydroxyl groups is 1. The van der Waals surface area contributed by atoms with Crippen molar-refractivity contribution >= 4 is 11.6 Å². The minimum atomic E-state index is -0.483. The summed E-state index contributed by atoms with van der Waals surface area (Å²) in [5.41, 5.74) is 1.11. The fraction of sp³-hybridized carbons (Fsp3) is 0.688. The second kappa shape index (κ2) is 5.96. The van der Waals surface area contributed by atoms with Gasteiger partial charge in [0.05, 0.1) is 32.1 Å². The molecular formula is C16H22ClNO4. The lowest BCUT2D eigenvalue weighted by Gasteiger charge is -2.34. The zero-order valence-electron chi connectivity index (χ0n) is 13.0. The van der Waals surface area contributed by atoms with Crippen LogP contribution in [-0.2, 0) is 21.5 Å². The number of fused-ring (bicyclic) bond motifs is 2. The van der Waals surface area contributed by atoms with Gasteiger partial charge in [0.1, 0.15) is 16.5 Å². The highest BCUT2D eigenvalue weighted by atomic mass is 35.5. The highest BCUT2D eigenvalue weighted by molar-refractivity contribution is 6.29. The molecule has 1 N–H and O–H groups in total. The van der Waals surface area contributed by atoms with Gasteiger partial charge >= 0.3 is 0 Å². The van der Waals surface area contributed by atoms with E-state index < -0.39 is 5.60 Å². The zero-order chi connectivity index (χ0) is 15.8. The third-order valence-electron chi connectivity index (χ3n) is 4.25. The molecule has 22 heavy (non-hydrogen) atoms. The van der Waals surface area contributed by atoms with Crippen molar-refractivity contribution in [2.24, 2.45) is 5.41 Å². The highest BCUT2D eigenvalue weighted by Gasteiger charge is 2.44. The summed E-state index contributed by atoms with van der Waals surface area (Å²) in [5.74, 6) is 0.742. The van der Waals surface area contributed by atoms with Crippen LogP contribution in [-0.4, -0.2) is 43.1 Å². The Labute approximate surface area is 135 Å². The summed E-state index contributed by atoms with van der Waals surface area (Å²) in [6.45, 7) is 6.19. The molecule has 122 valence electrons. The van der Waals surface area contributed by atoms with Crippen molar-refractivity contribution < 1.29 is 19.3 Å². The summed E-state index contributed by atoms with van der Waals surface area (Å²) in [5, 5.41) is 9.77. The number of halogens is 1. The normalized spacial score (nSPS) is 24.5. The van der Waals surface area contributed by atoms with Crippen LogP contribution in [0, 0.1) is 5.41 Å². The Bertz CT molecular complexity index is 555. The van der Waals surface area contributed by atoms with Crippen LogP contribution >= 0.6 is 11.6 Å². The van der Waals surface area contributed by atoms with Crippen molar-refractivity contribution in [3.63, 3.8) is 0 Å². The molecule has 0 saturated carbocycles. The second-order valence-electron chi connectivity index (χ2n) is 6.78. The minimum Gasteiger partial charge on any atom is -0.492 e. The summed E-state index contributed by atoms with van der Waals surface area (Å²) in [6.07, 6.45) is 1.53. The predicted octanol–water partition coefficient (Wildman–Crippen LogP) is 2.32. The molecule has 1 aromatic rings. The first kappa shape index (κ1) is 16.0. The monoisotopic (exact) mass is 327 g/mol. The van der Waals surface area contributed by atoms with Crippen LogP contribution in [0.5, 0.6) is 5.75 Å². The lowest BCUT2D eigenvalue weighted by atomic mass is 9.89. The van der Waals surface area contributed by atoms with Crippen LogP contribution < -0.4 is 4.74 Å². The quantitative estimate of drug-likeness (QED) is 0.860. The summed E-state index contributed by atoms with van der Waals surface area (Å²) in [7, 11) is 0. The molecule has 1 saturated heterocycles. The smallest absolute Gasteiger partial charge is 0.136 e. The molecule has 1 spiro atoms. The van der Waals surface area contributed by atoms with Crippen molar-refractivity contribution in [1.82, 2.24) is 4.98 Å². The number of aromatic nitrogens is 1. The number of ether oxygens (including phenoxy) is 3. The van der Waals surface area contributed by atoms with E-state index in [-0.39, 0.29) is 12.0 Å². The van der Waals surface area contributed by atoms with E-state index in [1.807, 2.05) is 13.8 Å². The minimum absolute atomic E-state index is 0.0644. The third kappa shape index (κ3) is 2.95. The lowest BCUT2D eigenvalue weighted by Crippen LogP contribution is -2.37. The maximum absolute atomic E-state index is 9.38. The van der Waals surface area contributed by atoms with E-state index in [4.69, 9.17) is 25.8 Å². The Morgan fingerprint density at radius 2 is 2.27 bits per heavy atom. The van der Waals surface area contributed by atoms with E-state index in [2.05, 4.69) is 4.98 Å². The van der Waals surface area contributed by atoms with E-state index in [1.165, 1.54) is 0 Å². The molecule has 2 aliphatic rings. The molecule has 0 aromatic carbocycles. The molecule has 0 radical (unpaired) electrons. The van der Waals surface area contributed by atoms with Gasteiger partial charge < -0.3 is 19.3 Å². The average molecular weight is 328 g/mol. The van der Waals surface area contributed by atoms with Crippen LogP contribution in [0.1, 0.15) is 31.5 Å². The molecule has 3 rings (SSSR count). The standard InChI is InChI=1S/C16H22ClNO4/c1-15(2,8-19)9-21-12-7-13(17)18-14-11(12)3-5-22-16(14)4-6-20-10-16/h7,19H,3-6,8-10H2,1-2H3. The Kier molecular flexibility index (Phi) is 4.34. The number of hydrogen-bond acceptors (Lipinski definition) is 5. The number of nitrogens with zero attached hydrogens (tertiary/aromatic N) is 1. The topological polar surface area (TPSA) is 60.8 Å². The van der Waals surface area contributed by atoms with Gasteiger partial charge in [0.25, 0.3) is 0 Å². The molecule has 1 atom stereocenters. The largest absolute Gasteiger partial charge is 0.492 e. The molecule has 1 aromatic heterocycles. The van der Waals surface area contributed by atoms with E-state index >= 15 is 0 Å². The molecule has 3 heterocycles. The Morgan fingerprint density at radius 1 is 1.45 bits per heavy atom. The molecule has 0 amide bonds. The summed E-state index contributed by atoms with van der Waals surface area (Å²) >= 11 is 6.19. The van der Waals surface area contributed by atoms with Crippen LogP contribution in [0.4, 0.5) is 0 Å². The Morgan fingerprint density at radius 3 is 2.95 bits per heavy atom. The van der Waals surface area contributed by atoms with Gasteiger partial charge in [-0.1, -0.05) is 25.4 Å². The molecular weight excluding hydrogens is 306 g/mol. The summed E-state index contributed by atoms with van der Waals surface area (Å²) in [4.78, 5) is 4.51. The summed E-state index contributed by atoms with van der Waals surface area (Å²) in [6, 6.07) is 1.75. The first-order valence-electron chi connectivity index (χ1n) is 7.61. The Balaban J connectivity index is 1.94. The van der Waals surface area contributed by atoms with E-state index in [1.54, 1.807) is 6.07 Å². The number of pyridine rings is 1. The van der Waals surface area contributed by atoms with Crippen molar-refractivity contribution in [3.8, 4) is 5.75 Å². The Hall–Kier alpha value is -0.880. The fourth-order valence-corrected chi connectivity index (χ4v) is 3.03. The van der Waals surface area contributed by atoms with Gasteiger partial charge in [0, 0.05) is 36.5 Å². The van der Waals surface area contributed by atoms with Gasteiger partial charge in [-0.25, -0.2) is 4.98 Å². The van der Waals surface area contributed by atoms with Gasteiger partial charge in [-0.2, -0.15) is 0 Å². The van der Waals surface area contributed by atoms with Crippen LogP contribution in [0.3, 0.4) is 0 Å². The molecule has 1 fully saturated rings. The van der Waals surface area contributed by atoms with Crippen LogP contribution in [0.15, 0.2) is 6.07 Å². The maximum atomic E-state index is 9.38. The van der Waals surface area contributed by atoms with Crippen molar-refractivity contribution in [2.45, 2.75) is 32.3 Å². The number of aliphatic hydroxyl groups excluding tert-OH is 1. The van der Waals surface area contributed by atoms with Gasteiger partial charge in [0.2, 0.25) is 0 Å². The molecule has 0 bridgehead atoms. The predicted molar refractivity (Wildman–Crippen MR) is 82.4 cm³/mol. The summed E-state index contributed by atoms with van der Waals surface area (Å²) < 4.78 is 17.5. The number of rotatable bonds is 4. The van der Waals surface area contributed by atoms with Crippen LogP contribution in [0.2, 0.25) is 5.15 Å². The first-order valence-corrected chi connectivity index (χ1v) is 7.99. The zero-order valence-corrected chi connectivity index (χ0v) is 13.8. The van der Waals surface area contributed by atoms with E-state index in [0.29, 0.717) is 31.6 Å². The van der Waals surface area contributed by atoms with Gasteiger partial charge in [-0.05, 0) is 0 Å². The van der Waals surface area contributed by atoms with E-state index in [9.17, 15) is 5.11 Å². The first-order chi connectivity index (χ1) is 10.5. The molecule has 1 unspecified atom stereocenters. The second-order valence-corrected chi connectivity index (χ2v) is 7.16. The fourth-order valence-electron chi connectivity index (χ4n) is 2.85. The molecule has 5 nitrogen and oxygen atoms in total.